The van der Waals surface area contributed by atoms with E-state index in [1.54, 1.807) is 53.1 Å². The number of nitrogens with one attached hydrogen (secondary N) is 1. The normalized spacial score (nSPS) is 20.8. The van der Waals surface area contributed by atoms with Crippen LogP contribution in [0.5, 0.6) is 0 Å². The molecule has 2 saturated heterocycles. The van der Waals surface area contributed by atoms with E-state index in [-0.39, 0.29) is 31.0 Å². The van der Waals surface area contributed by atoms with Gasteiger partial charge in [-0.05, 0) is 55.2 Å². The molecule has 0 radical (unpaired) electrons. The number of alkyl halides is 2. The number of carbonyl (C=O) groups is 2. The molecule has 2 aliphatic heterocycles. The van der Waals surface area contributed by atoms with Crippen LogP contribution in [0.4, 0.5) is 24.5 Å². The molecule has 5 rings (SSSR count). The van der Waals surface area contributed by atoms with Gasteiger partial charge in [-0.25, -0.2) is 13.2 Å². The molecule has 2 atom stereocenters. The van der Waals surface area contributed by atoms with E-state index >= 15 is 0 Å². The number of likely N-dealkylation sites (tertiary alicyclic amines) is 1. The van der Waals surface area contributed by atoms with Crippen molar-refractivity contribution in [3.63, 3.8) is 0 Å². The molecule has 3 aromatic carbocycles. The molecule has 2 aliphatic rings. The minimum absolute atomic E-state index is 0.0182. The summed E-state index contributed by atoms with van der Waals surface area (Å²) in [5.74, 6) is -4.61. The molecule has 2 heterocycles. The zero-order valence-corrected chi connectivity index (χ0v) is 21.2. The van der Waals surface area contributed by atoms with E-state index in [0.717, 1.165) is 5.56 Å². The van der Waals surface area contributed by atoms with Crippen LogP contribution in [0.15, 0.2) is 72.8 Å². The third-order valence-electron chi connectivity index (χ3n) is 7.45. The smallest absolute Gasteiger partial charge is 0.266 e. The molecule has 0 bridgehead atoms. The average molecular weight is 522 g/mol. The Kier molecular flexibility index (Phi) is 7.15. The minimum atomic E-state index is -2.73. The van der Waals surface area contributed by atoms with Crippen molar-refractivity contribution in [1.82, 2.24) is 4.90 Å². The maximum absolute atomic E-state index is 14.8. The van der Waals surface area contributed by atoms with Crippen LogP contribution in [0.1, 0.15) is 46.8 Å². The molecule has 3 aromatic rings. The molecule has 5 nitrogen and oxygen atoms in total. The minimum Gasteiger partial charge on any atom is -0.365 e. The van der Waals surface area contributed by atoms with E-state index in [2.05, 4.69) is 5.32 Å². The van der Waals surface area contributed by atoms with Crippen LogP contribution in [0, 0.1) is 18.7 Å². The Labute approximate surface area is 220 Å². The van der Waals surface area contributed by atoms with Crippen molar-refractivity contribution in [3.8, 4) is 0 Å². The first-order chi connectivity index (χ1) is 18.2. The second kappa shape index (κ2) is 10.5. The third kappa shape index (κ3) is 5.26. The van der Waals surface area contributed by atoms with E-state index in [0.29, 0.717) is 36.3 Å². The van der Waals surface area contributed by atoms with Crippen molar-refractivity contribution >= 4 is 23.2 Å². The lowest BCUT2D eigenvalue weighted by atomic mass is 9.83. The zero-order chi connectivity index (χ0) is 26.9. The molecule has 0 unspecified atom stereocenters. The Hall–Kier alpha value is -3.81. The number of amides is 2. The van der Waals surface area contributed by atoms with Crippen molar-refractivity contribution in [2.75, 3.05) is 29.9 Å². The SMILES string of the molecule is Cc1cccc(F)c1C(=O)N1CCC[C@H](C(=O)Nc2cccc(N3CCC(F)(F)C3)c2)[C@@H]1c1ccccc1. The first-order valence-electron chi connectivity index (χ1n) is 12.9. The largest absolute Gasteiger partial charge is 0.365 e. The fourth-order valence-corrected chi connectivity index (χ4v) is 5.58. The van der Waals surface area contributed by atoms with Crippen molar-refractivity contribution in [3.05, 3.63) is 95.3 Å². The summed E-state index contributed by atoms with van der Waals surface area (Å²) in [7, 11) is 0. The molecule has 2 amide bonds. The average Bonchev–Trinajstić information content (AvgIpc) is 3.28. The lowest BCUT2D eigenvalue weighted by Gasteiger charge is -2.41. The maximum Gasteiger partial charge on any atom is 0.266 e. The molecule has 0 saturated carbocycles. The van der Waals surface area contributed by atoms with E-state index in [1.165, 1.54) is 6.07 Å². The summed E-state index contributed by atoms with van der Waals surface area (Å²) in [6.07, 6.45) is 0.933. The molecule has 1 N–H and O–H groups in total. The van der Waals surface area contributed by atoms with E-state index in [1.807, 2.05) is 30.3 Å². The Bertz CT molecular complexity index is 1310. The van der Waals surface area contributed by atoms with Crippen LogP contribution < -0.4 is 10.2 Å². The van der Waals surface area contributed by atoms with Gasteiger partial charge in [0.25, 0.3) is 11.8 Å². The summed E-state index contributed by atoms with van der Waals surface area (Å²) in [6.45, 7) is 1.99. The first-order valence-corrected chi connectivity index (χ1v) is 12.9. The second-order valence-electron chi connectivity index (χ2n) is 10.1. The zero-order valence-electron chi connectivity index (χ0n) is 21.2. The van der Waals surface area contributed by atoms with Crippen molar-refractivity contribution in [1.29, 1.82) is 0 Å². The van der Waals surface area contributed by atoms with Gasteiger partial charge >= 0.3 is 0 Å². The summed E-state index contributed by atoms with van der Waals surface area (Å²) in [5, 5.41) is 2.95. The van der Waals surface area contributed by atoms with Crippen LogP contribution in [0.2, 0.25) is 0 Å². The van der Waals surface area contributed by atoms with Gasteiger partial charge < -0.3 is 15.1 Å². The number of carbonyl (C=O) groups excluding carboxylic acids is 2. The number of anilines is 2. The van der Waals surface area contributed by atoms with Crippen molar-refractivity contribution in [2.24, 2.45) is 5.92 Å². The molecule has 0 spiro atoms. The molecule has 0 aromatic heterocycles. The number of aryl methyl sites for hydroxylation is 1. The molecule has 198 valence electrons. The molecule has 0 aliphatic carbocycles. The van der Waals surface area contributed by atoms with Gasteiger partial charge in [-0.15, -0.1) is 0 Å². The summed E-state index contributed by atoms with van der Waals surface area (Å²) >= 11 is 0. The number of benzene rings is 3. The number of hydrogen-bond acceptors (Lipinski definition) is 3. The van der Waals surface area contributed by atoms with E-state index < -0.39 is 29.6 Å². The third-order valence-corrected chi connectivity index (χ3v) is 7.45. The first kappa shape index (κ1) is 25.8. The summed E-state index contributed by atoms with van der Waals surface area (Å²) < 4.78 is 42.3. The molecule has 2 fully saturated rings. The lowest BCUT2D eigenvalue weighted by molar-refractivity contribution is -0.123. The lowest BCUT2D eigenvalue weighted by Crippen LogP contribution is -2.46. The predicted molar refractivity (Wildman–Crippen MR) is 141 cm³/mol. The van der Waals surface area contributed by atoms with Crippen LogP contribution in [0.3, 0.4) is 0 Å². The highest BCUT2D eigenvalue weighted by molar-refractivity contribution is 5.98. The van der Waals surface area contributed by atoms with Crippen molar-refractivity contribution < 1.29 is 22.8 Å². The molecular weight excluding hydrogens is 491 g/mol. The highest BCUT2D eigenvalue weighted by Gasteiger charge is 2.41. The molecular formula is C30H30F3N3O2. The van der Waals surface area contributed by atoms with Crippen LogP contribution in [-0.2, 0) is 4.79 Å². The van der Waals surface area contributed by atoms with Gasteiger partial charge in [0, 0.05) is 30.9 Å². The topological polar surface area (TPSA) is 52.7 Å². The van der Waals surface area contributed by atoms with Gasteiger partial charge in [0.1, 0.15) is 5.82 Å². The molecule has 38 heavy (non-hydrogen) atoms. The van der Waals surface area contributed by atoms with Gasteiger partial charge in [0.15, 0.2) is 0 Å². The Morgan fingerprint density at radius 3 is 2.45 bits per heavy atom. The Balaban J connectivity index is 1.43. The summed E-state index contributed by atoms with van der Waals surface area (Å²) in [6, 6.07) is 20.2. The van der Waals surface area contributed by atoms with Gasteiger partial charge in [-0.3, -0.25) is 9.59 Å². The fraction of sp³-hybridized carbons (Fsp3) is 0.333. The van der Waals surface area contributed by atoms with Crippen LogP contribution in [-0.4, -0.2) is 42.3 Å². The summed E-state index contributed by atoms with van der Waals surface area (Å²) in [5.41, 5.74) is 2.48. The highest BCUT2D eigenvalue weighted by Crippen LogP contribution is 2.39. The molecule has 8 heteroatoms. The fourth-order valence-electron chi connectivity index (χ4n) is 5.58. The van der Waals surface area contributed by atoms with Crippen LogP contribution >= 0.6 is 0 Å². The number of rotatable bonds is 5. The van der Waals surface area contributed by atoms with E-state index in [4.69, 9.17) is 0 Å². The van der Waals surface area contributed by atoms with Gasteiger partial charge in [-0.2, -0.15) is 0 Å². The Morgan fingerprint density at radius 2 is 1.74 bits per heavy atom. The monoisotopic (exact) mass is 521 g/mol. The number of piperidine rings is 1. The van der Waals surface area contributed by atoms with Crippen LogP contribution in [0.25, 0.3) is 0 Å². The second-order valence-corrected chi connectivity index (χ2v) is 10.1. The standard InChI is InChI=1S/C30H30F3N3O2/c1-20-8-5-14-25(31)26(20)29(38)36-16-7-13-24(27(36)21-9-3-2-4-10-21)28(37)34-22-11-6-12-23(18-22)35-17-15-30(32,33)19-35/h2-6,8-12,14,18,24,27H,7,13,15-17,19H2,1H3,(H,34,37)/t24-,27-/m0/s1. The van der Waals surface area contributed by atoms with Crippen molar-refractivity contribution in [2.45, 2.75) is 38.2 Å². The predicted octanol–water partition coefficient (Wildman–Crippen LogP) is 6.21. The number of halogens is 3. The van der Waals surface area contributed by atoms with Gasteiger partial charge in [0.2, 0.25) is 5.91 Å². The van der Waals surface area contributed by atoms with Gasteiger partial charge in [-0.1, -0.05) is 48.5 Å². The number of hydrogen-bond donors (Lipinski definition) is 1. The summed E-state index contributed by atoms with van der Waals surface area (Å²) in [4.78, 5) is 30.6. The van der Waals surface area contributed by atoms with Gasteiger partial charge in [0.05, 0.1) is 24.1 Å². The quantitative estimate of drug-likeness (QED) is 0.434. The van der Waals surface area contributed by atoms with E-state index in [9.17, 15) is 22.8 Å². The number of nitrogens with zero attached hydrogens (tertiary/aromatic N) is 2. The maximum atomic E-state index is 14.8. The highest BCUT2D eigenvalue weighted by atomic mass is 19.3. The Morgan fingerprint density at radius 1 is 0.974 bits per heavy atom.